The predicted molar refractivity (Wildman–Crippen MR) is 111 cm³/mol. The van der Waals surface area contributed by atoms with Crippen molar-refractivity contribution < 1.29 is 14.5 Å². The summed E-state index contributed by atoms with van der Waals surface area (Å²) in [4.78, 5) is 30.5. The molecule has 2 atom stereocenters. The zero-order chi connectivity index (χ0) is 19.3. The molecule has 6 nitrogen and oxygen atoms in total. The lowest BCUT2D eigenvalue weighted by molar-refractivity contribution is -0.929. The lowest BCUT2D eigenvalue weighted by Gasteiger charge is -2.30. The van der Waals surface area contributed by atoms with Crippen molar-refractivity contribution in [1.29, 1.82) is 0 Å². The number of benzene rings is 2. The fourth-order valence-electron chi connectivity index (χ4n) is 3.69. The number of para-hydroxylation sites is 2. The van der Waals surface area contributed by atoms with Crippen LogP contribution < -0.4 is 15.5 Å². The van der Waals surface area contributed by atoms with Crippen molar-refractivity contribution >= 4 is 39.2 Å². The molecular formula is C21H23N4O2S+. The van der Waals surface area contributed by atoms with Gasteiger partial charge in [-0.2, -0.15) is 0 Å². The second-order valence-electron chi connectivity index (χ2n) is 7.02. The summed E-state index contributed by atoms with van der Waals surface area (Å²) in [6.45, 7) is 1.18. The number of anilines is 1. The summed E-state index contributed by atoms with van der Waals surface area (Å²) in [6.07, 6.45) is 3.24. The number of imide groups is 1. The number of rotatable bonds is 4. The summed E-state index contributed by atoms with van der Waals surface area (Å²) in [7, 11) is 0. The molecule has 2 aromatic carbocycles. The number of hydrogen-bond donors (Lipinski definition) is 3. The maximum atomic E-state index is 12.5. The second kappa shape index (κ2) is 8.50. The van der Waals surface area contributed by atoms with Gasteiger partial charge in [-0.3, -0.25) is 10.1 Å². The normalized spacial score (nSPS) is 19.3. The number of thiazole rings is 1. The topological polar surface area (TPSA) is 75.5 Å². The Balaban J connectivity index is 1.40. The molecule has 0 radical (unpaired) electrons. The molecule has 1 saturated heterocycles. The van der Waals surface area contributed by atoms with Gasteiger partial charge in [0.05, 0.1) is 16.8 Å². The van der Waals surface area contributed by atoms with E-state index >= 15 is 0 Å². The van der Waals surface area contributed by atoms with Crippen molar-refractivity contribution in [1.82, 2.24) is 10.3 Å². The molecule has 1 aliphatic rings. The van der Waals surface area contributed by atoms with E-state index < -0.39 is 6.03 Å². The lowest BCUT2D eigenvalue weighted by Crippen LogP contribution is -3.14. The summed E-state index contributed by atoms with van der Waals surface area (Å²) in [6, 6.07) is 16.9. The van der Waals surface area contributed by atoms with Gasteiger partial charge in [0.1, 0.15) is 6.04 Å². The first-order valence-electron chi connectivity index (χ1n) is 9.55. The minimum Gasteiger partial charge on any atom is -0.319 e. The van der Waals surface area contributed by atoms with Crippen LogP contribution in [0.5, 0.6) is 0 Å². The summed E-state index contributed by atoms with van der Waals surface area (Å²) >= 11 is 1.71. The molecule has 1 fully saturated rings. The van der Waals surface area contributed by atoms with Crippen molar-refractivity contribution in [3.05, 3.63) is 59.6 Å². The number of aromatic nitrogens is 1. The van der Waals surface area contributed by atoms with E-state index in [2.05, 4.69) is 16.7 Å². The van der Waals surface area contributed by atoms with Crippen LogP contribution in [0.1, 0.15) is 30.3 Å². The van der Waals surface area contributed by atoms with Gasteiger partial charge < -0.3 is 10.2 Å². The SMILES string of the molecule is O=C(C[NH+]1CCCC[C@H]1c1nc2ccccc2s1)NC(=O)Nc1ccccc1. The van der Waals surface area contributed by atoms with Gasteiger partial charge in [-0.05, 0) is 37.1 Å². The van der Waals surface area contributed by atoms with Crippen LogP contribution in [0.15, 0.2) is 54.6 Å². The van der Waals surface area contributed by atoms with Gasteiger partial charge in [0, 0.05) is 12.1 Å². The molecular weight excluding hydrogens is 372 g/mol. The fraction of sp³-hybridized carbons (Fsp3) is 0.286. The number of piperidine rings is 1. The van der Waals surface area contributed by atoms with Crippen LogP contribution in [0.2, 0.25) is 0 Å². The van der Waals surface area contributed by atoms with Gasteiger partial charge in [0.2, 0.25) is 0 Å². The Hall–Kier alpha value is -2.77. The zero-order valence-electron chi connectivity index (χ0n) is 15.5. The Morgan fingerprint density at radius 3 is 2.68 bits per heavy atom. The highest BCUT2D eigenvalue weighted by atomic mass is 32.1. The number of nitrogens with zero attached hydrogens (tertiary/aromatic N) is 1. The molecule has 0 bridgehead atoms. The van der Waals surface area contributed by atoms with Gasteiger partial charge >= 0.3 is 6.03 Å². The molecule has 3 aromatic rings. The van der Waals surface area contributed by atoms with Gasteiger partial charge in [0.15, 0.2) is 11.6 Å². The minimum atomic E-state index is -0.496. The molecule has 4 rings (SSSR count). The van der Waals surface area contributed by atoms with E-state index in [0.717, 1.165) is 36.3 Å². The number of carbonyl (C=O) groups is 2. The molecule has 1 aliphatic heterocycles. The molecule has 1 unspecified atom stereocenters. The van der Waals surface area contributed by atoms with Gasteiger partial charge in [0.25, 0.3) is 5.91 Å². The van der Waals surface area contributed by atoms with Crippen LogP contribution in [0.25, 0.3) is 10.2 Å². The first-order chi connectivity index (χ1) is 13.7. The van der Waals surface area contributed by atoms with Crippen LogP contribution in [0.3, 0.4) is 0 Å². The average molecular weight is 396 g/mol. The Morgan fingerprint density at radius 2 is 1.86 bits per heavy atom. The van der Waals surface area contributed by atoms with Crippen molar-refractivity contribution in [2.75, 3.05) is 18.4 Å². The number of likely N-dealkylation sites (tertiary alicyclic amines) is 1. The van der Waals surface area contributed by atoms with Crippen LogP contribution >= 0.6 is 11.3 Å². The molecule has 144 valence electrons. The van der Waals surface area contributed by atoms with Crippen molar-refractivity contribution in [2.45, 2.75) is 25.3 Å². The molecule has 0 aliphatic carbocycles. The highest BCUT2D eigenvalue weighted by molar-refractivity contribution is 7.18. The molecule has 0 spiro atoms. The summed E-state index contributed by atoms with van der Waals surface area (Å²) in [5, 5.41) is 6.21. The van der Waals surface area contributed by atoms with Gasteiger partial charge in [-0.1, -0.05) is 30.3 Å². The van der Waals surface area contributed by atoms with Crippen molar-refractivity contribution in [3.63, 3.8) is 0 Å². The Labute approximate surface area is 167 Å². The Kier molecular flexibility index (Phi) is 5.64. The number of nitrogens with one attached hydrogen (secondary N) is 3. The lowest BCUT2D eigenvalue weighted by atomic mass is 10.0. The minimum absolute atomic E-state index is 0.203. The molecule has 2 heterocycles. The van der Waals surface area contributed by atoms with Crippen molar-refractivity contribution in [2.24, 2.45) is 0 Å². The van der Waals surface area contributed by atoms with E-state index in [4.69, 9.17) is 4.98 Å². The van der Waals surface area contributed by atoms with Gasteiger partial charge in [-0.25, -0.2) is 9.78 Å². The highest BCUT2D eigenvalue weighted by Crippen LogP contribution is 2.28. The van der Waals surface area contributed by atoms with E-state index in [1.165, 1.54) is 9.60 Å². The molecule has 3 N–H and O–H groups in total. The summed E-state index contributed by atoms with van der Waals surface area (Å²) in [5.74, 6) is -0.267. The number of carbonyl (C=O) groups excluding carboxylic acids is 2. The quantitative estimate of drug-likeness (QED) is 0.636. The van der Waals surface area contributed by atoms with E-state index in [0.29, 0.717) is 5.69 Å². The largest absolute Gasteiger partial charge is 0.326 e. The van der Waals surface area contributed by atoms with Crippen LogP contribution in [0.4, 0.5) is 10.5 Å². The summed E-state index contributed by atoms with van der Waals surface area (Å²) in [5.41, 5.74) is 1.67. The molecule has 1 aromatic heterocycles. The third-order valence-corrected chi connectivity index (χ3v) is 6.16. The first kappa shape index (κ1) is 18.6. The third-order valence-electron chi connectivity index (χ3n) is 5.01. The van der Waals surface area contributed by atoms with Crippen LogP contribution in [-0.4, -0.2) is 30.0 Å². The number of hydrogen-bond acceptors (Lipinski definition) is 4. The average Bonchev–Trinajstić information content (AvgIpc) is 3.13. The maximum absolute atomic E-state index is 12.5. The third kappa shape index (κ3) is 4.37. The van der Waals surface area contributed by atoms with E-state index in [9.17, 15) is 9.59 Å². The standard InChI is InChI=1S/C21H22N4O2S/c26-19(24-21(27)22-15-8-2-1-3-9-15)14-25-13-7-6-11-17(25)20-23-16-10-4-5-12-18(16)28-20/h1-5,8-10,12,17H,6-7,11,13-14H2,(H2,22,24,26,27)/p+1/t17-/m0/s1. The van der Waals surface area contributed by atoms with E-state index in [1.807, 2.05) is 36.4 Å². The Morgan fingerprint density at radius 1 is 1.07 bits per heavy atom. The predicted octanol–water partition coefficient (Wildman–Crippen LogP) is 2.75. The maximum Gasteiger partial charge on any atom is 0.326 e. The number of amides is 3. The van der Waals surface area contributed by atoms with Crippen LogP contribution in [0, 0.1) is 0 Å². The van der Waals surface area contributed by atoms with E-state index in [1.54, 1.807) is 23.5 Å². The molecule has 7 heteroatoms. The molecule has 28 heavy (non-hydrogen) atoms. The highest BCUT2D eigenvalue weighted by Gasteiger charge is 2.32. The van der Waals surface area contributed by atoms with Crippen LogP contribution in [-0.2, 0) is 4.79 Å². The molecule has 3 amide bonds. The summed E-state index contributed by atoms with van der Waals surface area (Å²) < 4.78 is 1.18. The molecule has 0 saturated carbocycles. The zero-order valence-corrected chi connectivity index (χ0v) is 16.3. The first-order valence-corrected chi connectivity index (χ1v) is 10.4. The second-order valence-corrected chi connectivity index (χ2v) is 8.08. The number of quaternary nitrogens is 1. The monoisotopic (exact) mass is 395 g/mol. The van der Waals surface area contributed by atoms with Gasteiger partial charge in [-0.15, -0.1) is 11.3 Å². The Bertz CT molecular complexity index is 940. The smallest absolute Gasteiger partial charge is 0.319 e. The van der Waals surface area contributed by atoms with Crippen molar-refractivity contribution in [3.8, 4) is 0 Å². The van der Waals surface area contributed by atoms with E-state index in [-0.39, 0.29) is 18.5 Å². The fourth-order valence-corrected chi connectivity index (χ4v) is 4.85. The number of fused-ring (bicyclic) bond motifs is 1. The number of urea groups is 1.